The SMILES string of the molecule is O=C(COC(=O)[C@H]1CC(=O)N(c2cccc3ccccc23)C1)c1ccc(F)cc1. The number of nitrogens with zero attached hydrogens (tertiary/aromatic N) is 1. The highest BCUT2D eigenvalue weighted by Gasteiger charge is 2.36. The van der Waals surface area contributed by atoms with Crippen LogP contribution >= 0.6 is 0 Å². The molecule has 0 unspecified atom stereocenters. The molecule has 0 bridgehead atoms. The number of anilines is 1. The molecule has 3 aromatic carbocycles. The first-order valence-corrected chi connectivity index (χ1v) is 9.26. The first-order valence-electron chi connectivity index (χ1n) is 9.26. The Balaban J connectivity index is 1.43. The van der Waals surface area contributed by atoms with Gasteiger partial charge in [0.25, 0.3) is 0 Å². The summed E-state index contributed by atoms with van der Waals surface area (Å²) < 4.78 is 18.1. The third-order valence-electron chi connectivity index (χ3n) is 5.03. The van der Waals surface area contributed by atoms with Crippen molar-refractivity contribution in [1.82, 2.24) is 0 Å². The monoisotopic (exact) mass is 391 g/mol. The van der Waals surface area contributed by atoms with E-state index in [2.05, 4.69) is 0 Å². The molecular formula is C23H18FNO4. The van der Waals surface area contributed by atoms with Crippen molar-refractivity contribution in [2.24, 2.45) is 5.92 Å². The molecule has 6 heteroatoms. The number of hydrogen-bond donors (Lipinski definition) is 0. The maximum atomic E-state index is 12.9. The summed E-state index contributed by atoms with van der Waals surface area (Å²) in [4.78, 5) is 38.6. The van der Waals surface area contributed by atoms with Gasteiger partial charge in [-0.1, -0.05) is 36.4 Å². The van der Waals surface area contributed by atoms with E-state index in [1.807, 2.05) is 42.5 Å². The van der Waals surface area contributed by atoms with Crippen molar-refractivity contribution in [3.05, 3.63) is 78.1 Å². The Labute approximate surface area is 166 Å². The lowest BCUT2D eigenvalue weighted by molar-refractivity contribution is -0.147. The Hall–Kier alpha value is -3.54. The maximum absolute atomic E-state index is 12.9. The van der Waals surface area contributed by atoms with E-state index in [1.165, 1.54) is 24.3 Å². The van der Waals surface area contributed by atoms with Crippen LogP contribution in [0.1, 0.15) is 16.8 Å². The van der Waals surface area contributed by atoms with Gasteiger partial charge in [0.2, 0.25) is 5.91 Å². The summed E-state index contributed by atoms with van der Waals surface area (Å²) in [5.41, 5.74) is 1.02. The summed E-state index contributed by atoms with van der Waals surface area (Å²) >= 11 is 0. The molecule has 0 saturated carbocycles. The van der Waals surface area contributed by atoms with Crippen LogP contribution in [0.3, 0.4) is 0 Å². The summed E-state index contributed by atoms with van der Waals surface area (Å²) in [5.74, 6) is -2.25. The van der Waals surface area contributed by atoms with Crippen LogP contribution in [0.5, 0.6) is 0 Å². The van der Waals surface area contributed by atoms with Crippen LogP contribution < -0.4 is 4.90 Å². The number of halogens is 1. The van der Waals surface area contributed by atoms with Crippen LogP contribution in [0.2, 0.25) is 0 Å². The normalized spacial score (nSPS) is 16.2. The zero-order valence-corrected chi connectivity index (χ0v) is 15.5. The molecule has 0 aliphatic carbocycles. The minimum absolute atomic E-state index is 0.0345. The molecule has 1 aliphatic heterocycles. The average Bonchev–Trinajstić information content (AvgIpc) is 3.13. The molecule has 1 amide bonds. The van der Waals surface area contributed by atoms with Crippen molar-refractivity contribution >= 4 is 34.1 Å². The number of carbonyl (C=O) groups is 3. The number of ketones is 1. The van der Waals surface area contributed by atoms with Crippen molar-refractivity contribution in [1.29, 1.82) is 0 Å². The van der Waals surface area contributed by atoms with E-state index in [0.29, 0.717) is 0 Å². The molecule has 1 fully saturated rings. The second-order valence-electron chi connectivity index (χ2n) is 6.94. The first-order chi connectivity index (χ1) is 14.0. The summed E-state index contributed by atoms with van der Waals surface area (Å²) in [6.45, 7) is -0.236. The van der Waals surface area contributed by atoms with Gasteiger partial charge in [0.05, 0.1) is 11.6 Å². The van der Waals surface area contributed by atoms with Crippen LogP contribution in [0.4, 0.5) is 10.1 Å². The third-order valence-corrected chi connectivity index (χ3v) is 5.03. The van der Waals surface area contributed by atoms with E-state index in [0.717, 1.165) is 16.5 Å². The van der Waals surface area contributed by atoms with Gasteiger partial charge in [0.1, 0.15) is 5.82 Å². The number of fused-ring (bicyclic) bond motifs is 1. The molecule has 29 heavy (non-hydrogen) atoms. The lowest BCUT2D eigenvalue weighted by Gasteiger charge is -2.18. The topological polar surface area (TPSA) is 63.7 Å². The van der Waals surface area contributed by atoms with Crippen molar-refractivity contribution < 1.29 is 23.5 Å². The highest BCUT2D eigenvalue weighted by atomic mass is 19.1. The van der Waals surface area contributed by atoms with E-state index in [-0.39, 0.29) is 24.4 Å². The van der Waals surface area contributed by atoms with Gasteiger partial charge in [-0.25, -0.2) is 4.39 Å². The second kappa shape index (κ2) is 7.83. The zero-order valence-electron chi connectivity index (χ0n) is 15.5. The van der Waals surface area contributed by atoms with Gasteiger partial charge < -0.3 is 9.64 Å². The Morgan fingerprint density at radius 3 is 2.52 bits per heavy atom. The number of carbonyl (C=O) groups excluding carboxylic acids is 3. The van der Waals surface area contributed by atoms with Crippen LogP contribution in [0.25, 0.3) is 10.8 Å². The van der Waals surface area contributed by atoms with Gasteiger partial charge >= 0.3 is 5.97 Å². The van der Waals surface area contributed by atoms with Crippen LogP contribution in [0.15, 0.2) is 66.7 Å². The number of ether oxygens (including phenoxy) is 1. The smallest absolute Gasteiger partial charge is 0.311 e. The van der Waals surface area contributed by atoms with Gasteiger partial charge in [-0.15, -0.1) is 0 Å². The summed E-state index contributed by atoms with van der Waals surface area (Å²) in [5, 5.41) is 1.94. The number of esters is 1. The lowest BCUT2D eigenvalue weighted by Crippen LogP contribution is -2.27. The summed E-state index contributed by atoms with van der Waals surface area (Å²) in [6, 6.07) is 18.4. The van der Waals surface area contributed by atoms with Gasteiger partial charge in [-0.2, -0.15) is 0 Å². The zero-order chi connectivity index (χ0) is 20.4. The Kier molecular flexibility index (Phi) is 5.08. The van der Waals surface area contributed by atoms with E-state index in [4.69, 9.17) is 4.74 Å². The van der Waals surface area contributed by atoms with Crippen molar-refractivity contribution in [2.45, 2.75) is 6.42 Å². The molecular weight excluding hydrogens is 373 g/mol. The minimum Gasteiger partial charge on any atom is -0.457 e. The lowest BCUT2D eigenvalue weighted by atomic mass is 10.1. The van der Waals surface area contributed by atoms with E-state index < -0.39 is 30.1 Å². The van der Waals surface area contributed by atoms with E-state index in [1.54, 1.807) is 4.90 Å². The maximum Gasteiger partial charge on any atom is 0.311 e. The molecule has 1 aliphatic rings. The van der Waals surface area contributed by atoms with Crippen LogP contribution in [-0.4, -0.2) is 30.8 Å². The fourth-order valence-corrected chi connectivity index (χ4v) is 3.52. The molecule has 0 N–H and O–H groups in total. The molecule has 0 spiro atoms. The van der Waals surface area contributed by atoms with Crippen molar-refractivity contribution in [2.75, 3.05) is 18.1 Å². The average molecular weight is 391 g/mol. The molecule has 146 valence electrons. The number of Topliss-reactive ketones (excluding diaryl/α,β-unsaturated/α-hetero) is 1. The molecule has 4 rings (SSSR count). The second-order valence-corrected chi connectivity index (χ2v) is 6.94. The number of benzene rings is 3. The molecule has 0 radical (unpaired) electrons. The first kappa shape index (κ1) is 18.8. The number of hydrogen-bond acceptors (Lipinski definition) is 4. The summed E-state index contributed by atoms with van der Waals surface area (Å²) in [7, 11) is 0. The van der Waals surface area contributed by atoms with Crippen LogP contribution in [0, 0.1) is 11.7 Å². The molecule has 3 aromatic rings. The minimum atomic E-state index is -0.637. The molecule has 1 saturated heterocycles. The van der Waals surface area contributed by atoms with Gasteiger partial charge in [-0.05, 0) is 35.7 Å². The van der Waals surface area contributed by atoms with Gasteiger partial charge in [-0.3, -0.25) is 14.4 Å². The molecule has 5 nitrogen and oxygen atoms in total. The fraction of sp³-hybridized carbons (Fsp3) is 0.174. The quantitative estimate of drug-likeness (QED) is 0.491. The largest absolute Gasteiger partial charge is 0.457 e. The Morgan fingerprint density at radius 1 is 1.00 bits per heavy atom. The predicted molar refractivity (Wildman–Crippen MR) is 106 cm³/mol. The van der Waals surface area contributed by atoms with Gasteiger partial charge in [0, 0.05) is 23.9 Å². The molecule has 0 aromatic heterocycles. The van der Waals surface area contributed by atoms with Crippen LogP contribution in [-0.2, 0) is 14.3 Å². The van der Waals surface area contributed by atoms with E-state index >= 15 is 0 Å². The number of amides is 1. The Morgan fingerprint density at radius 2 is 1.72 bits per heavy atom. The molecule has 1 heterocycles. The number of rotatable bonds is 5. The Bertz CT molecular complexity index is 1090. The fourth-order valence-electron chi connectivity index (χ4n) is 3.52. The molecule has 1 atom stereocenters. The predicted octanol–water partition coefficient (Wildman–Crippen LogP) is 3.76. The standard InChI is InChI=1S/C23H18FNO4/c24-18-10-8-16(9-11-18)21(26)14-29-23(28)17-12-22(27)25(13-17)20-7-3-5-15-4-1-2-6-19(15)20/h1-11,17H,12-14H2/t17-/m0/s1. The highest BCUT2D eigenvalue weighted by Crippen LogP contribution is 2.32. The summed E-state index contributed by atoms with van der Waals surface area (Å²) in [6.07, 6.45) is 0.0345. The van der Waals surface area contributed by atoms with Crippen molar-refractivity contribution in [3.8, 4) is 0 Å². The van der Waals surface area contributed by atoms with Crippen molar-refractivity contribution in [3.63, 3.8) is 0 Å². The highest BCUT2D eigenvalue weighted by molar-refractivity contribution is 6.06. The third kappa shape index (κ3) is 3.87. The van der Waals surface area contributed by atoms with E-state index in [9.17, 15) is 18.8 Å². The van der Waals surface area contributed by atoms with Gasteiger partial charge in [0.15, 0.2) is 12.4 Å².